The number of amides is 1. The van der Waals surface area contributed by atoms with Crippen LogP contribution in [0.1, 0.15) is 187 Å². The maximum atomic E-state index is 13.0. The van der Waals surface area contributed by atoms with E-state index in [9.17, 15) is 14.7 Å². The lowest BCUT2D eigenvalue weighted by Gasteiger charge is -2.26. The number of carbonyl (C=O) groups is 2. The summed E-state index contributed by atoms with van der Waals surface area (Å²) in [5, 5.41) is 21.4. The zero-order chi connectivity index (χ0) is 45.3. The molecule has 12 heteroatoms. The summed E-state index contributed by atoms with van der Waals surface area (Å²) in [6.07, 6.45) is 30.4. The van der Waals surface area contributed by atoms with E-state index in [1.807, 2.05) is 40.2 Å². The van der Waals surface area contributed by atoms with Gasteiger partial charge in [-0.25, -0.2) is 14.3 Å². The maximum absolute atomic E-state index is 13.0. The van der Waals surface area contributed by atoms with E-state index in [-0.39, 0.29) is 19.0 Å². The van der Waals surface area contributed by atoms with Gasteiger partial charge in [-0.3, -0.25) is 4.90 Å². The predicted molar refractivity (Wildman–Crippen MR) is 272 cm³/mol. The van der Waals surface area contributed by atoms with Gasteiger partial charge in [-0.05, 0) is 99.4 Å². The molecule has 64 heavy (non-hydrogen) atoms. The van der Waals surface area contributed by atoms with E-state index in [2.05, 4.69) is 65.9 Å². The van der Waals surface area contributed by atoms with Crippen LogP contribution in [0.4, 0.5) is 4.79 Å². The minimum atomic E-state index is -1.04. The van der Waals surface area contributed by atoms with Gasteiger partial charge < -0.3 is 9.84 Å². The molecule has 5 aromatic rings. The number of carboxylic acids is 1. The second-order valence-electron chi connectivity index (χ2n) is 18.9. The van der Waals surface area contributed by atoms with Gasteiger partial charge in [0.15, 0.2) is 0 Å². The number of hydrogen-bond donors (Lipinski definition) is 1. The monoisotopic (exact) mass is 946 g/mol. The number of aromatic nitrogens is 3. The van der Waals surface area contributed by atoms with E-state index in [1.54, 1.807) is 36.8 Å². The van der Waals surface area contributed by atoms with Gasteiger partial charge >= 0.3 is 12.1 Å². The van der Waals surface area contributed by atoms with Crippen LogP contribution in [0.3, 0.4) is 0 Å². The number of nitrogens with zero attached hydrogens (tertiary/aromatic N) is 4. The van der Waals surface area contributed by atoms with Crippen molar-refractivity contribution in [1.82, 2.24) is 19.9 Å². The summed E-state index contributed by atoms with van der Waals surface area (Å²) in [6.45, 7) is 10.1. The zero-order valence-corrected chi connectivity index (χ0v) is 42.6. The van der Waals surface area contributed by atoms with Gasteiger partial charge in [0.1, 0.15) is 17.3 Å². The molecule has 0 saturated carbocycles. The third-order valence-corrected chi connectivity index (χ3v) is 17.3. The molecule has 1 fully saturated rings. The quantitative estimate of drug-likeness (QED) is 0.0502. The van der Waals surface area contributed by atoms with Crippen molar-refractivity contribution in [3.05, 3.63) is 59.1 Å². The highest BCUT2D eigenvalue weighted by Crippen LogP contribution is 2.46. The Morgan fingerprint density at radius 2 is 1.19 bits per heavy atom. The highest BCUT2D eigenvalue weighted by molar-refractivity contribution is 7.28. The fourth-order valence-corrected chi connectivity index (χ4v) is 13.3. The second-order valence-corrected chi connectivity index (χ2v) is 23.0. The maximum Gasteiger partial charge on any atom is 0.411 e. The first-order valence-electron chi connectivity index (χ1n) is 24.6. The molecule has 1 aliphatic heterocycles. The van der Waals surface area contributed by atoms with E-state index in [4.69, 9.17) is 4.74 Å². The van der Waals surface area contributed by atoms with Gasteiger partial charge in [-0.15, -0.1) is 50.4 Å². The lowest BCUT2D eigenvalue weighted by molar-refractivity contribution is -0.142. The number of unbranched alkanes of at least 4 members (excludes halogenated alkanes) is 18. The van der Waals surface area contributed by atoms with Crippen molar-refractivity contribution in [3.63, 3.8) is 0 Å². The van der Waals surface area contributed by atoms with Gasteiger partial charge in [0.05, 0.1) is 17.1 Å². The van der Waals surface area contributed by atoms with Crippen molar-refractivity contribution in [2.45, 2.75) is 200 Å². The summed E-state index contributed by atoms with van der Waals surface area (Å²) >= 11 is 7.45. The summed E-state index contributed by atoms with van der Waals surface area (Å²) in [5.74, 6) is -1.04. The predicted octanol–water partition coefficient (Wildman–Crippen LogP) is 16.8. The van der Waals surface area contributed by atoms with Crippen LogP contribution in [0, 0.1) is 0 Å². The van der Waals surface area contributed by atoms with Crippen LogP contribution in [0.5, 0.6) is 0 Å². The molecule has 1 amide bonds. The van der Waals surface area contributed by atoms with Crippen LogP contribution < -0.4 is 0 Å². The molecule has 0 aliphatic carbocycles. The number of aliphatic carboxylic acids is 1. The summed E-state index contributed by atoms with van der Waals surface area (Å²) in [7, 11) is 0. The Kier molecular flexibility index (Phi) is 20.0. The SMILES string of the molecule is CCCCCCCCCCCCc1ccsc1-c1ccc(-c2ccc(-c3sc(-c4cn([C@@H]5C[C@@H](C(=O)O)N(C(=O)OC(C)(C)C)C5)nn4)cc3CCCCCCCCCCCC)s2)s1. The van der Waals surface area contributed by atoms with Gasteiger partial charge in [0.25, 0.3) is 0 Å². The van der Waals surface area contributed by atoms with Crippen molar-refractivity contribution in [3.8, 4) is 39.8 Å². The van der Waals surface area contributed by atoms with Gasteiger partial charge in [0.2, 0.25) is 0 Å². The topological polar surface area (TPSA) is 97.6 Å². The number of hydrogen-bond acceptors (Lipinski definition) is 9. The minimum Gasteiger partial charge on any atom is -0.480 e. The molecule has 0 unspecified atom stereocenters. The summed E-state index contributed by atoms with van der Waals surface area (Å²) < 4.78 is 7.31. The highest BCUT2D eigenvalue weighted by Gasteiger charge is 2.43. The number of thiophene rings is 4. The third-order valence-electron chi connectivity index (χ3n) is 12.4. The summed E-state index contributed by atoms with van der Waals surface area (Å²) in [6, 6.07) is 12.6. The van der Waals surface area contributed by atoms with Crippen LogP contribution in [0.2, 0.25) is 0 Å². The van der Waals surface area contributed by atoms with Crippen LogP contribution in [-0.4, -0.2) is 55.3 Å². The molecular weight excluding hydrogens is 873 g/mol. The van der Waals surface area contributed by atoms with Gasteiger partial charge in [-0.1, -0.05) is 135 Å². The first-order chi connectivity index (χ1) is 31.0. The molecule has 0 bridgehead atoms. The molecule has 0 aromatic carbocycles. The normalized spacial score (nSPS) is 15.4. The van der Waals surface area contributed by atoms with Crippen LogP contribution in [0.25, 0.3) is 39.8 Å². The number of carboxylic acid groups (broad SMARTS) is 1. The lowest BCUT2D eigenvalue weighted by Crippen LogP contribution is -2.43. The Bertz CT molecular complexity index is 2150. The largest absolute Gasteiger partial charge is 0.480 e. The molecule has 8 nitrogen and oxygen atoms in total. The van der Waals surface area contributed by atoms with Crippen LogP contribution in [0.15, 0.2) is 48.0 Å². The van der Waals surface area contributed by atoms with Crippen LogP contribution >= 0.6 is 45.3 Å². The van der Waals surface area contributed by atoms with E-state index < -0.39 is 23.7 Å². The molecular formula is C52H74N4O4S4. The molecule has 1 aliphatic rings. The average Bonchev–Trinajstić information content (AvgIpc) is 4.12. The van der Waals surface area contributed by atoms with E-state index in [1.165, 1.54) is 167 Å². The van der Waals surface area contributed by atoms with E-state index in [0.717, 1.165) is 29.8 Å². The second kappa shape index (κ2) is 25.6. The van der Waals surface area contributed by atoms with Crippen LogP contribution in [-0.2, 0) is 22.4 Å². The Hall–Kier alpha value is -3.32. The smallest absolute Gasteiger partial charge is 0.411 e. The fourth-order valence-electron chi connectivity index (χ4n) is 8.82. The fraction of sp³-hybridized carbons (Fsp3) is 0.615. The first-order valence-corrected chi connectivity index (χ1v) is 27.9. The first kappa shape index (κ1) is 50.1. The third kappa shape index (κ3) is 14.8. The van der Waals surface area contributed by atoms with Crippen molar-refractivity contribution < 1.29 is 19.4 Å². The molecule has 5 aromatic heterocycles. The number of carbonyl (C=O) groups excluding carboxylic acids is 1. The molecule has 350 valence electrons. The molecule has 1 saturated heterocycles. The summed E-state index contributed by atoms with van der Waals surface area (Å²) in [5.41, 5.74) is 2.90. The lowest BCUT2D eigenvalue weighted by atomic mass is 10.0. The Balaban J connectivity index is 1.12. The van der Waals surface area contributed by atoms with Crippen molar-refractivity contribution >= 4 is 57.4 Å². The summed E-state index contributed by atoms with van der Waals surface area (Å²) in [4.78, 5) is 35.6. The number of ether oxygens (including phenoxy) is 1. The molecule has 6 rings (SSSR count). The number of likely N-dealkylation sites (tertiary alicyclic amines) is 1. The molecule has 0 spiro atoms. The average molecular weight is 947 g/mol. The minimum absolute atomic E-state index is 0.198. The molecule has 0 radical (unpaired) electrons. The van der Waals surface area contributed by atoms with Gasteiger partial charge in [-0.2, -0.15) is 0 Å². The number of rotatable bonds is 28. The standard InChI is InChI=1S/C52H74N4O4S4/c1-6-8-10-12-14-16-18-20-22-24-26-38-32-33-61-48(38)45-30-28-43(62-45)44-29-31-46(63-44)49-39(27-25-23-21-19-17-15-13-11-9-7-2)34-47(64-49)41-37-56(54-53-41)40-35-42(50(57)58)55(36-40)51(59)60-52(3,4)5/h28-34,37,40,42H,6-27,35-36H2,1-5H3,(H,57,58)/t40-,42+/m1/s1. The Labute approximate surface area is 399 Å². The van der Waals surface area contributed by atoms with E-state index in [0.29, 0.717) is 0 Å². The highest BCUT2D eigenvalue weighted by atomic mass is 32.1. The van der Waals surface area contributed by atoms with Crippen molar-refractivity contribution in [2.75, 3.05) is 6.54 Å². The Morgan fingerprint density at radius 1 is 0.672 bits per heavy atom. The molecule has 2 atom stereocenters. The Morgan fingerprint density at radius 3 is 1.73 bits per heavy atom. The van der Waals surface area contributed by atoms with E-state index >= 15 is 0 Å². The molecule has 1 N–H and O–H groups in total. The van der Waals surface area contributed by atoms with Gasteiger partial charge in [0, 0.05) is 42.2 Å². The number of aryl methyl sites for hydroxylation is 2. The zero-order valence-electron chi connectivity index (χ0n) is 39.3. The van der Waals surface area contributed by atoms with Crippen molar-refractivity contribution in [1.29, 1.82) is 0 Å². The van der Waals surface area contributed by atoms with Crippen molar-refractivity contribution in [2.24, 2.45) is 0 Å². The molecule has 6 heterocycles.